The van der Waals surface area contributed by atoms with Crippen molar-refractivity contribution in [1.82, 2.24) is 4.98 Å². The topological polar surface area (TPSA) is 66.3 Å². The number of H-pyrrole nitrogens is 1. The zero-order valence-electron chi connectivity index (χ0n) is 12.6. The summed E-state index contributed by atoms with van der Waals surface area (Å²) in [5, 5.41) is 0. The van der Waals surface area contributed by atoms with Crippen LogP contribution in [0.2, 0.25) is 0 Å². The van der Waals surface area contributed by atoms with Crippen LogP contribution in [0, 0.1) is 5.82 Å². The van der Waals surface area contributed by atoms with Gasteiger partial charge in [0.15, 0.2) is 0 Å². The number of fused-ring (bicyclic) bond motifs is 1. The predicted octanol–water partition coefficient (Wildman–Crippen LogP) is 2.98. The Morgan fingerprint density at radius 2 is 2.08 bits per heavy atom. The van der Waals surface area contributed by atoms with Gasteiger partial charge in [-0.1, -0.05) is 6.07 Å². The highest BCUT2D eigenvalue weighted by atomic mass is 19.1. The Bertz CT molecular complexity index is 976. The molecular formula is C18H13FN2O3. The highest BCUT2D eigenvalue weighted by molar-refractivity contribution is 6.07. The monoisotopic (exact) mass is 324 g/mol. The van der Waals surface area contributed by atoms with E-state index in [0.717, 1.165) is 5.56 Å². The van der Waals surface area contributed by atoms with Gasteiger partial charge in [-0.2, -0.15) is 0 Å². The summed E-state index contributed by atoms with van der Waals surface area (Å²) in [4.78, 5) is 29.1. The van der Waals surface area contributed by atoms with E-state index in [2.05, 4.69) is 4.98 Å². The van der Waals surface area contributed by atoms with Crippen molar-refractivity contribution in [3.8, 4) is 11.5 Å². The van der Waals surface area contributed by atoms with Gasteiger partial charge in [0, 0.05) is 6.54 Å². The molecule has 0 unspecified atom stereocenters. The first-order valence-electron chi connectivity index (χ1n) is 7.51. The Hall–Kier alpha value is -3.15. The van der Waals surface area contributed by atoms with Crippen molar-refractivity contribution >= 4 is 11.6 Å². The highest BCUT2D eigenvalue weighted by Crippen LogP contribution is 2.29. The van der Waals surface area contributed by atoms with Crippen molar-refractivity contribution < 1.29 is 13.6 Å². The lowest BCUT2D eigenvalue weighted by molar-refractivity contribution is 0.0988. The smallest absolute Gasteiger partial charge is 0.263 e. The van der Waals surface area contributed by atoms with Gasteiger partial charge in [0.1, 0.15) is 17.1 Å². The number of benzene rings is 1. The molecule has 2 aromatic heterocycles. The lowest BCUT2D eigenvalue weighted by atomic mass is 10.1. The maximum Gasteiger partial charge on any atom is 0.263 e. The molecule has 3 aromatic rings. The molecule has 0 fully saturated rings. The van der Waals surface area contributed by atoms with Crippen LogP contribution in [0.1, 0.15) is 15.9 Å². The predicted molar refractivity (Wildman–Crippen MR) is 86.5 cm³/mol. The average molecular weight is 324 g/mol. The molecular weight excluding hydrogens is 311 g/mol. The van der Waals surface area contributed by atoms with Gasteiger partial charge in [0.05, 0.1) is 17.6 Å². The Morgan fingerprint density at radius 1 is 1.21 bits per heavy atom. The van der Waals surface area contributed by atoms with E-state index in [4.69, 9.17) is 4.42 Å². The van der Waals surface area contributed by atoms with Gasteiger partial charge in [-0.3, -0.25) is 9.59 Å². The Kier molecular flexibility index (Phi) is 3.30. The number of hydrogen-bond donors (Lipinski definition) is 1. The normalized spacial score (nSPS) is 13.1. The fourth-order valence-corrected chi connectivity index (χ4v) is 2.93. The van der Waals surface area contributed by atoms with Gasteiger partial charge in [-0.25, -0.2) is 4.39 Å². The summed E-state index contributed by atoms with van der Waals surface area (Å²) in [5.74, 6) is -0.332. The molecule has 1 aliphatic rings. The summed E-state index contributed by atoms with van der Waals surface area (Å²) < 4.78 is 18.7. The number of carbonyl (C=O) groups is 1. The van der Waals surface area contributed by atoms with Crippen LogP contribution in [0.4, 0.5) is 10.1 Å². The minimum atomic E-state index is -0.501. The molecule has 24 heavy (non-hydrogen) atoms. The lowest BCUT2D eigenvalue weighted by Crippen LogP contribution is -2.33. The molecule has 0 atom stereocenters. The van der Waals surface area contributed by atoms with Crippen molar-refractivity contribution in [2.75, 3.05) is 11.4 Å². The molecule has 1 aromatic carbocycles. The number of amides is 1. The van der Waals surface area contributed by atoms with Crippen molar-refractivity contribution in [2.45, 2.75) is 6.42 Å². The molecule has 0 spiro atoms. The van der Waals surface area contributed by atoms with Crippen molar-refractivity contribution in [2.24, 2.45) is 0 Å². The van der Waals surface area contributed by atoms with Crippen LogP contribution in [0.3, 0.4) is 0 Å². The van der Waals surface area contributed by atoms with E-state index in [9.17, 15) is 14.0 Å². The van der Waals surface area contributed by atoms with Crippen molar-refractivity contribution in [1.29, 1.82) is 0 Å². The summed E-state index contributed by atoms with van der Waals surface area (Å²) >= 11 is 0. The fourth-order valence-electron chi connectivity index (χ4n) is 2.93. The Balaban J connectivity index is 1.69. The minimum Gasteiger partial charge on any atom is -0.463 e. The molecule has 0 bridgehead atoms. The molecule has 0 saturated carbocycles. The molecule has 4 rings (SSSR count). The summed E-state index contributed by atoms with van der Waals surface area (Å²) in [6, 6.07) is 10.9. The maximum atomic E-state index is 13.5. The third kappa shape index (κ3) is 2.32. The molecule has 5 nitrogen and oxygen atoms in total. The average Bonchev–Trinajstić information content (AvgIpc) is 3.23. The van der Waals surface area contributed by atoms with E-state index in [-0.39, 0.29) is 5.56 Å². The molecule has 120 valence electrons. The Morgan fingerprint density at radius 3 is 2.83 bits per heavy atom. The number of rotatable bonds is 2. The van der Waals surface area contributed by atoms with Gasteiger partial charge in [0.25, 0.3) is 11.5 Å². The van der Waals surface area contributed by atoms with Crippen LogP contribution in [0.25, 0.3) is 11.5 Å². The SMILES string of the molecule is O=C(c1ccc(-c2ccco2)[nH]c1=O)N1CCc2ccc(F)cc21. The standard InChI is InChI=1S/C18H13FN2O3/c19-12-4-3-11-7-8-21(15(11)10-12)18(23)13-5-6-14(20-17(13)22)16-2-1-9-24-16/h1-6,9-10H,7-8H2,(H,20,22). The number of aromatic nitrogens is 1. The molecule has 1 amide bonds. The van der Waals surface area contributed by atoms with Crippen LogP contribution in [0.5, 0.6) is 0 Å². The van der Waals surface area contributed by atoms with E-state index < -0.39 is 17.3 Å². The zero-order chi connectivity index (χ0) is 16.7. The van der Waals surface area contributed by atoms with Crippen LogP contribution in [-0.2, 0) is 6.42 Å². The van der Waals surface area contributed by atoms with Crippen molar-refractivity contribution in [3.63, 3.8) is 0 Å². The van der Waals surface area contributed by atoms with Crippen LogP contribution < -0.4 is 10.5 Å². The fraction of sp³-hybridized carbons (Fsp3) is 0.111. The minimum absolute atomic E-state index is 0.0161. The number of furan rings is 1. The highest BCUT2D eigenvalue weighted by Gasteiger charge is 2.27. The van der Waals surface area contributed by atoms with E-state index in [1.54, 1.807) is 24.3 Å². The number of hydrogen-bond acceptors (Lipinski definition) is 3. The van der Waals surface area contributed by atoms with Crippen LogP contribution in [0.15, 0.2) is 57.9 Å². The third-order valence-corrected chi connectivity index (χ3v) is 4.11. The molecule has 3 heterocycles. The van der Waals surface area contributed by atoms with E-state index in [0.29, 0.717) is 30.1 Å². The second-order valence-corrected chi connectivity index (χ2v) is 5.57. The second kappa shape index (κ2) is 5.49. The first-order valence-corrected chi connectivity index (χ1v) is 7.51. The third-order valence-electron chi connectivity index (χ3n) is 4.11. The van der Waals surface area contributed by atoms with Crippen LogP contribution in [-0.4, -0.2) is 17.4 Å². The molecule has 1 N–H and O–H groups in total. The molecule has 0 radical (unpaired) electrons. The number of halogens is 1. The first-order chi connectivity index (χ1) is 11.6. The second-order valence-electron chi connectivity index (χ2n) is 5.57. The summed E-state index contributed by atoms with van der Waals surface area (Å²) in [5.41, 5.74) is 1.43. The summed E-state index contributed by atoms with van der Waals surface area (Å²) in [6.07, 6.45) is 2.14. The number of carbonyl (C=O) groups excluding carboxylic acids is 1. The Labute approximate surface area is 136 Å². The lowest BCUT2D eigenvalue weighted by Gasteiger charge is -2.17. The van der Waals surface area contributed by atoms with Crippen molar-refractivity contribution in [3.05, 3.63) is 76.0 Å². The van der Waals surface area contributed by atoms with Gasteiger partial charge >= 0.3 is 0 Å². The summed E-state index contributed by atoms with van der Waals surface area (Å²) in [6.45, 7) is 0.428. The van der Waals surface area contributed by atoms with Gasteiger partial charge in [0.2, 0.25) is 0 Å². The van der Waals surface area contributed by atoms with Gasteiger partial charge < -0.3 is 14.3 Å². The van der Waals surface area contributed by atoms with Crippen LogP contribution >= 0.6 is 0 Å². The number of anilines is 1. The maximum absolute atomic E-state index is 13.5. The molecule has 0 aliphatic carbocycles. The zero-order valence-corrected chi connectivity index (χ0v) is 12.6. The number of nitrogens with zero attached hydrogens (tertiary/aromatic N) is 1. The largest absolute Gasteiger partial charge is 0.463 e. The quantitative estimate of drug-likeness (QED) is 0.788. The number of pyridine rings is 1. The first kappa shape index (κ1) is 14.4. The van der Waals surface area contributed by atoms with Gasteiger partial charge in [-0.05, 0) is 48.4 Å². The molecule has 0 saturated heterocycles. The van der Waals surface area contributed by atoms with E-state index in [1.807, 2.05) is 0 Å². The molecule has 1 aliphatic heterocycles. The number of aromatic amines is 1. The molecule has 6 heteroatoms. The van der Waals surface area contributed by atoms with E-state index in [1.165, 1.54) is 29.4 Å². The van der Waals surface area contributed by atoms with Gasteiger partial charge in [-0.15, -0.1) is 0 Å². The number of nitrogens with one attached hydrogen (secondary N) is 1. The summed E-state index contributed by atoms with van der Waals surface area (Å²) in [7, 11) is 0. The van der Waals surface area contributed by atoms with E-state index >= 15 is 0 Å².